The molecule has 0 spiro atoms. The van der Waals surface area contributed by atoms with Crippen LogP contribution in [0.3, 0.4) is 0 Å². The molecule has 2 aliphatic heterocycles. The molecule has 7 heteroatoms. The van der Waals surface area contributed by atoms with Gasteiger partial charge in [-0.15, -0.1) is 0 Å². The lowest BCUT2D eigenvalue weighted by Gasteiger charge is -2.29. The topological polar surface area (TPSA) is 91.3 Å². The van der Waals surface area contributed by atoms with Gasteiger partial charge in [0.1, 0.15) is 23.9 Å². The first-order valence-corrected chi connectivity index (χ1v) is 9.56. The van der Waals surface area contributed by atoms with E-state index in [4.69, 9.17) is 4.74 Å². The number of nitrogens with one attached hydrogen (secondary N) is 1. The average molecular weight is 388 g/mol. The van der Waals surface area contributed by atoms with Crippen LogP contribution >= 0.6 is 0 Å². The van der Waals surface area contributed by atoms with Crippen molar-refractivity contribution in [3.63, 3.8) is 0 Å². The molecule has 4 heterocycles. The zero-order chi connectivity index (χ0) is 19.8. The summed E-state index contributed by atoms with van der Waals surface area (Å²) < 4.78 is 5.80. The van der Waals surface area contributed by atoms with E-state index in [1.165, 1.54) is 0 Å². The number of hydrogen-bond acceptors (Lipinski definition) is 6. The van der Waals surface area contributed by atoms with Crippen LogP contribution in [0.15, 0.2) is 53.1 Å². The van der Waals surface area contributed by atoms with Gasteiger partial charge in [0.2, 0.25) is 0 Å². The van der Waals surface area contributed by atoms with Crippen molar-refractivity contribution >= 4 is 6.08 Å². The molecule has 0 saturated heterocycles. The molecule has 2 aromatic heterocycles. The number of hydrogen-bond donors (Lipinski definition) is 2. The van der Waals surface area contributed by atoms with Gasteiger partial charge in [-0.2, -0.15) is 0 Å². The zero-order valence-electron chi connectivity index (χ0n) is 15.8. The standard InChI is InChI=1S/C22H20N4O3/c27-17-3-4-20-16(9-17)8-14(13-29-20)11-26-7-5-19-18(12-26)22(28)25-21(24-19)15-2-1-6-23-10-15/h1-4,6,8-10,27H,5,7,11-13H2,(H,24,25,28). The van der Waals surface area contributed by atoms with Gasteiger partial charge >= 0.3 is 0 Å². The number of H-pyrrole nitrogens is 1. The summed E-state index contributed by atoms with van der Waals surface area (Å²) in [6.45, 7) is 2.59. The van der Waals surface area contributed by atoms with Crippen LogP contribution in [-0.4, -0.2) is 44.7 Å². The number of fused-ring (bicyclic) bond motifs is 2. The van der Waals surface area contributed by atoms with E-state index in [9.17, 15) is 9.90 Å². The summed E-state index contributed by atoms with van der Waals surface area (Å²) in [4.78, 5) is 26.6. The molecule has 0 amide bonds. The van der Waals surface area contributed by atoms with E-state index in [1.54, 1.807) is 30.6 Å². The Morgan fingerprint density at radius 1 is 1.28 bits per heavy atom. The molecule has 0 atom stereocenters. The minimum absolute atomic E-state index is 0.0947. The number of pyridine rings is 1. The van der Waals surface area contributed by atoms with Gasteiger partial charge in [0.15, 0.2) is 0 Å². The molecule has 5 rings (SSSR count). The molecule has 0 unspecified atom stereocenters. The number of benzene rings is 1. The van der Waals surface area contributed by atoms with E-state index < -0.39 is 0 Å². The number of rotatable bonds is 3. The van der Waals surface area contributed by atoms with Crippen molar-refractivity contribution in [1.82, 2.24) is 19.9 Å². The molecule has 2 aliphatic rings. The Labute approximate surface area is 167 Å². The third kappa shape index (κ3) is 3.52. The number of phenolic OH excluding ortho intramolecular Hbond substituents is 1. The summed E-state index contributed by atoms with van der Waals surface area (Å²) in [6, 6.07) is 8.82. The van der Waals surface area contributed by atoms with Crippen LogP contribution in [0.25, 0.3) is 17.5 Å². The van der Waals surface area contributed by atoms with Gasteiger partial charge in [0, 0.05) is 49.6 Å². The molecule has 1 aromatic carbocycles. The van der Waals surface area contributed by atoms with E-state index in [2.05, 4.69) is 25.9 Å². The van der Waals surface area contributed by atoms with Crippen molar-refractivity contribution in [1.29, 1.82) is 0 Å². The number of aromatic amines is 1. The molecule has 0 saturated carbocycles. The van der Waals surface area contributed by atoms with Gasteiger partial charge in [-0.3, -0.25) is 14.7 Å². The van der Waals surface area contributed by atoms with Crippen molar-refractivity contribution in [2.24, 2.45) is 0 Å². The third-order valence-corrected chi connectivity index (χ3v) is 5.28. The number of aromatic nitrogens is 3. The quantitative estimate of drug-likeness (QED) is 0.716. The fourth-order valence-corrected chi connectivity index (χ4v) is 3.85. The maximum atomic E-state index is 12.7. The van der Waals surface area contributed by atoms with E-state index in [-0.39, 0.29) is 11.3 Å². The Balaban J connectivity index is 1.36. The van der Waals surface area contributed by atoms with Crippen molar-refractivity contribution in [2.75, 3.05) is 19.7 Å². The molecule has 29 heavy (non-hydrogen) atoms. The summed E-state index contributed by atoms with van der Waals surface area (Å²) in [5.41, 5.74) is 4.28. The van der Waals surface area contributed by atoms with Gasteiger partial charge in [-0.25, -0.2) is 4.98 Å². The van der Waals surface area contributed by atoms with Crippen LogP contribution in [0.5, 0.6) is 11.5 Å². The van der Waals surface area contributed by atoms with Gasteiger partial charge in [0.05, 0.1) is 11.3 Å². The second-order valence-corrected chi connectivity index (χ2v) is 7.36. The fourth-order valence-electron chi connectivity index (χ4n) is 3.85. The number of phenols is 1. The van der Waals surface area contributed by atoms with E-state index in [0.717, 1.165) is 46.7 Å². The smallest absolute Gasteiger partial charge is 0.255 e. The van der Waals surface area contributed by atoms with Gasteiger partial charge < -0.3 is 14.8 Å². The Bertz CT molecular complexity index is 1150. The molecular formula is C22H20N4O3. The van der Waals surface area contributed by atoms with Gasteiger partial charge in [0.25, 0.3) is 5.56 Å². The predicted octanol–water partition coefficient (Wildman–Crippen LogP) is 2.37. The first-order valence-electron chi connectivity index (χ1n) is 9.56. The molecular weight excluding hydrogens is 368 g/mol. The lowest BCUT2D eigenvalue weighted by molar-refractivity contribution is 0.254. The highest BCUT2D eigenvalue weighted by Gasteiger charge is 2.23. The Hall–Kier alpha value is -3.45. The van der Waals surface area contributed by atoms with Crippen molar-refractivity contribution in [3.8, 4) is 22.9 Å². The maximum absolute atomic E-state index is 12.7. The summed E-state index contributed by atoms with van der Waals surface area (Å²) in [5.74, 6) is 1.56. The molecule has 0 bridgehead atoms. The highest BCUT2D eigenvalue weighted by molar-refractivity contribution is 5.64. The molecule has 3 aromatic rings. The Kier molecular flexibility index (Phi) is 4.37. The number of ether oxygens (including phenoxy) is 1. The highest BCUT2D eigenvalue weighted by atomic mass is 16.5. The lowest BCUT2D eigenvalue weighted by Crippen LogP contribution is -2.37. The van der Waals surface area contributed by atoms with Gasteiger partial charge in [-0.1, -0.05) is 0 Å². The zero-order valence-corrected chi connectivity index (χ0v) is 15.8. The van der Waals surface area contributed by atoms with Crippen molar-refractivity contribution in [3.05, 3.63) is 75.5 Å². The Morgan fingerprint density at radius 2 is 2.21 bits per heavy atom. The van der Waals surface area contributed by atoms with Crippen molar-refractivity contribution in [2.45, 2.75) is 13.0 Å². The molecule has 0 aliphatic carbocycles. The molecule has 0 radical (unpaired) electrons. The van der Waals surface area contributed by atoms with Crippen LogP contribution in [0.2, 0.25) is 0 Å². The predicted molar refractivity (Wildman–Crippen MR) is 109 cm³/mol. The van der Waals surface area contributed by atoms with Gasteiger partial charge in [-0.05, 0) is 42.0 Å². The summed E-state index contributed by atoms with van der Waals surface area (Å²) >= 11 is 0. The molecule has 7 nitrogen and oxygen atoms in total. The second-order valence-electron chi connectivity index (χ2n) is 7.36. The summed E-state index contributed by atoms with van der Waals surface area (Å²) in [7, 11) is 0. The molecule has 0 fully saturated rings. The summed E-state index contributed by atoms with van der Waals surface area (Å²) in [5, 5.41) is 9.70. The fraction of sp³-hybridized carbons (Fsp3) is 0.227. The minimum Gasteiger partial charge on any atom is -0.508 e. The minimum atomic E-state index is -0.0947. The van der Waals surface area contributed by atoms with Crippen LogP contribution in [0.1, 0.15) is 16.8 Å². The first-order chi connectivity index (χ1) is 14.2. The van der Waals surface area contributed by atoms with Crippen LogP contribution in [0, 0.1) is 0 Å². The first kappa shape index (κ1) is 17.6. The monoisotopic (exact) mass is 388 g/mol. The third-order valence-electron chi connectivity index (χ3n) is 5.28. The van der Waals surface area contributed by atoms with E-state index in [1.807, 2.05) is 12.1 Å². The molecule has 146 valence electrons. The second kappa shape index (κ2) is 7.18. The number of aromatic hydroxyl groups is 1. The SMILES string of the molecule is O=c1[nH]c(-c2cccnc2)nc2c1CN(CC1=Cc3cc(O)ccc3OC1)CC2. The van der Waals surface area contributed by atoms with E-state index in [0.29, 0.717) is 25.5 Å². The largest absolute Gasteiger partial charge is 0.508 e. The van der Waals surface area contributed by atoms with Crippen molar-refractivity contribution < 1.29 is 9.84 Å². The highest BCUT2D eigenvalue weighted by Crippen LogP contribution is 2.30. The maximum Gasteiger partial charge on any atom is 0.255 e. The normalized spacial score (nSPS) is 15.8. The van der Waals surface area contributed by atoms with Crippen LogP contribution in [-0.2, 0) is 13.0 Å². The van der Waals surface area contributed by atoms with Crippen LogP contribution < -0.4 is 10.3 Å². The van der Waals surface area contributed by atoms with Crippen LogP contribution in [0.4, 0.5) is 0 Å². The average Bonchev–Trinajstić information content (AvgIpc) is 2.74. The summed E-state index contributed by atoms with van der Waals surface area (Å²) in [6.07, 6.45) is 6.17. The Morgan fingerprint density at radius 3 is 3.07 bits per heavy atom. The van der Waals surface area contributed by atoms with E-state index >= 15 is 0 Å². The lowest BCUT2D eigenvalue weighted by atomic mass is 10.0. The number of nitrogens with zero attached hydrogens (tertiary/aromatic N) is 3. The molecule has 2 N–H and O–H groups in total.